The molecule has 1 amide bonds. The Kier molecular flexibility index (Phi) is 5.93. The Morgan fingerprint density at radius 3 is 2.54 bits per heavy atom. The summed E-state index contributed by atoms with van der Waals surface area (Å²) in [6.45, 7) is 6.85. The van der Waals surface area contributed by atoms with E-state index in [-0.39, 0.29) is 23.7 Å². The third-order valence-corrected chi connectivity index (χ3v) is 6.19. The van der Waals surface area contributed by atoms with Crippen LogP contribution in [0.3, 0.4) is 0 Å². The van der Waals surface area contributed by atoms with E-state index in [1.54, 1.807) is 12.1 Å². The van der Waals surface area contributed by atoms with E-state index >= 15 is 0 Å². The number of carbonyl (C=O) groups excluding carboxylic acids is 3. The number of hydrogen-bond acceptors (Lipinski definition) is 6. The van der Waals surface area contributed by atoms with E-state index in [1.165, 1.54) is 29.8 Å². The number of Topliss-reactive ketones (excluding diaryl/α,β-unsaturated/α-hetero) is 1. The van der Waals surface area contributed by atoms with Crippen LogP contribution < -0.4 is 0 Å². The molecule has 1 aliphatic heterocycles. The van der Waals surface area contributed by atoms with E-state index < -0.39 is 12.0 Å². The van der Waals surface area contributed by atoms with Crippen molar-refractivity contribution in [3.63, 3.8) is 0 Å². The van der Waals surface area contributed by atoms with E-state index in [0.29, 0.717) is 17.1 Å². The van der Waals surface area contributed by atoms with Crippen LogP contribution in [0.2, 0.25) is 0 Å². The fourth-order valence-corrected chi connectivity index (χ4v) is 4.71. The summed E-state index contributed by atoms with van der Waals surface area (Å²) in [7, 11) is 0. The molecule has 2 aromatic rings. The average molecular weight is 401 g/mol. The molecule has 148 valence electrons. The number of hydrogen-bond donors (Lipinski definition) is 0. The Balaban J connectivity index is 1.68. The highest BCUT2D eigenvalue weighted by Crippen LogP contribution is 2.41. The lowest BCUT2D eigenvalue weighted by molar-refractivity contribution is -0.152. The molecule has 7 heteroatoms. The number of ether oxygens (including phenoxy) is 1. The van der Waals surface area contributed by atoms with Crippen LogP contribution in [0.15, 0.2) is 34.9 Å². The Hall–Kier alpha value is -2.54. The molecule has 0 radical (unpaired) electrons. The van der Waals surface area contributed by atoms with E-state index in [9.17, 15) is 14.4 Å². The number of rotatable bonds is 5. The zero-order valence-corrected chi connectivity index (χ0v) is 17.2. The second-order valence-electron chi connectivity index (χ2n) is 6.93. The number of benzene rings is 1. The van der Waals surface area contributed by atoms with Crippen molar-refractivity contribution in [2.24, 2.45) is 0 Å². The fraction of sp³-hybridized carbons (Fsp3) is 0.381. The first-order valence-electron chi connectivity index (χ1n) is 9.01. The number of carbonyl (C=O) groups is 3. The summed E-state index contributed by atoms with van der Waals surface area (Å²) in [5.41, 5.74) is 3.52. The van der Waals surface area contributed by atoms with Gasteiger partial charge in [-0.15, -0.1) is 11.8 Å². The number of amides is 1. The van der Waals surface area contributed by atoms with E-state index in [1.807, 2.05) is 32.9 Å². The Bertz CT molecular complexity index is 906. The monoisotopic (exact) mass is 401 g/mol. The zero-order chi connectivity index (χ0) is 20.4. The summed E-state index contributed by atoms with van der Waals surface area (Å²) in [6, 6.07) is 6.54. The lowest BCUT2D eigenvalue weighted by atomic mass is 9.98. The van der Waals surface area contributed by atoms with Crippen LogP contribution in [-0.2, 0) is 14.3 Å². The third-order valence-electron chi connectivity index (χ3n) is 4.91. The van der Waals surface area contributed by atoms with Crippen LogP contribution in [0.4, 0.5) is 0 Å². The smallest absolute Gasteiger partial charge is 0.330 e. The summed E-state index contributed by atoms with van der Waals surface area (Å²) in [4.78, 5) is 38.7. The van der Waals surface area contributed by atoms with Gasteiger partial charge in [-0.3, -0.25) is 9.59 Å². The van der Waals surface area contributed by atoms with Crippen molar-refractivity contribution < 1.29 is 23.5 Å². The Morgan fingerprint density at radius 2 is 1.89 bits per heavy atom. The molecule has 3 rings (SSSR count). The maximum Gasteiger partial charge on any atom is 0.330 e. The topological polar surface area (TPSA) is 76.8 Å². The highest BCUT2D eigenvalue weighted by Gasteiger charge is 2.43. The molecule has 1 aromatic heterocycles. The van der Waals surface area contributed by atoms with Crippen LogP contribution in [-0.4, -0.2) is 41.0 Å². The van der Waals surface area contributed by atoms with Crippen LogP contribution in [0.25, 0.3) is 0 Å². The van der Waals surface area contributed by atoms with Gasteiger partial charge in [-0.2, -0.15) is 0 Å². The lowest BCUT2D eigenvalue weighted by Gasteiger charge is -2.25. The summed E-state index contributed by atoms with van der Waals surface area (Å²) in [6.07, 6.45) is 1.53. The molecule has 1 aliphatic rings. The minimum Gasteiger partial charge on any atom is -0.466 e. The van der Waals surface area contributed by atoms with Crippen molar-refractivity contribution in [2.75, 3.05) is 12.4 Å². The number of nitrogens with zero attached hydrogens (tertiary/aromatic N) is 1. The predicted molar refractivity (Wildman–Crippen MR) is 106 cm³/mol. The first-order chi connectivity index (χ1) is 13.3. The van der Waals surface area contributed by atoms with Crippen molar-refractivity contribution in [1.29, 1.82) is 0 Å². The number of esters is 1. The first-order valence-corrected chi connectivity index (χ1v) is 10.1. The molecule has 0 unspecified atom stereocenters. The lowest BCUT2D eigenvalue weighted by Crippen LogP contribution is -2.43. The molecule has 1 saturated heterocycles. The fourth-order valence-electron chi connectivity index (χ4n) is 3.30. The minimum absolute atomic E-state index is 0.246. The standard InChI is InChI=1S/C21H23NO5S/c1-12-8-14(3)16(9-13(12)2)18(24)10-27-21(25)17-11-28-20(22(17)15(4)23)19-6-5-7-26-19/h5-9,17,20H,10-11H2,1-4H3/t17-,20-/m0/s1. The average Bonchev–Trinajstić information content (AvgIpc) is 3.31. The number of thioether (sulfide) groups is 1. The maximum atomic E-state index is 12.6. The molecule has 2 atom stereocenters. The molecular formula is C21H23NO5S. The molecule has 6 nitrogen and oxygen atoms in total. The molecule has 0 spiro atoms. The zero-order valence-electron chi connectivity index (χ0n) is 16.4. The van der Waals surface area contributed by atoms with E-state index in [0.717, 1.165) is 16.7 Å². The van der Waals surface area contributed by atoms with Gasteiger partial charge in [0, 0.05) is 18.2 Å². The van der Waals surface area contributed by atoms with Crippen molar-refractivity contribution >= 4 is 29.4 Å². The van der Waals surface area contributed by atoms with Crippen LogP contribution in [0.1, 0.15) is 45.1 Å². The van der Waals surface area contributed by atoms with Gasteiger partial charge in [-0.1, -0.05) is 6.07 Å². The third kappa shape index (κ3) is 3.99. The second kappa shape index (κ2) is 8.22. The second-order valence-corrected chi connectivity index (χ2v) is 8.04. The number of furan rings is 1. The molecule has 0 aliphatic carbocycles. The van der Waals surface area contributed by atoms with Gasteiger partial charge in [0.15, 0.2) is 6.61 Å². The molecule has 1 fully saturated rings. The maximum absolute atomic E-state index is 12.6. The minimum atomic E-state index is -0.744. The van der Waals surface area contributed by atoms with E-state index in [2.05, 4.69) is 0 Å². The Morgan fingerprint density at radius 1 is 1.18 bits per heavy atom. The van der Waals surface area contributed by atoms with Crippen molar-refractivity contribution in [2.45, 2.75) is 39.1 Å². The van der Waals surface area contributed by atoms with Crippen LogP contribution in [0.5, 0.6) is 0 Å². The van der Waals surface area contributed by atoms with Gasteiger partial charge >= 0.3 is 5.97 Å². The van der Waals surface area contributed by atoms with Gasteiger partial charge < -0.3 is 14.1 Å². The molecule has 0 bridgehead atoms. The van der Waals surface area contributed by atoms with Gasteiger partial charge in [0.1, 0.15) is 17.2 Å². The van der Waals surface area contributed by atoms with Gasteiger partial charge in [-0.25, -0.2) is 4.79 Å². The largest absolute Gasteiger partial charge is 0.466 e. The van der Waals surface area contributed by atoms with Gasteiger partial charge in [0.05, 0.1) is 6.26 Å². The highest BCUT2D eigenvalue weighted by molar-refractivity contribution is 7.99. The summed E-state index contributed by atoms with van der Waals surface area (Å²) in [5, 5.41) is -0.372. The highest BCUT2D eigenvalue weighted by atomic mass is 32.2. The number of aryl methyl sites for hydroxylation is 3. The quantitative estimate of drug-likeness (QED) is 0.563. The van der Waals surface area contributed by atoms with Gasteiger partial charge in [-0.05, 0) is 55.7 Å². The molecule has 28 heavy (non-hydrogen) atoms. The van der Waals surface area contributed by atoms with Gasteiger partial charge in [0.2, 0.25) is 11.7 Å². The van der Waals surface area contributed by atoms with Crippen LogP contribution in [0, 0.1) is 20.8 Å². The van der Waals surface area contributed by atoms with Gasteiger partial charge in [0.25, 0.3) is 0 Å². The van der Waals surface area contributed by atoms with E-state index in [4.69, 9.17) is 9.15 Å². The predicted octanol–water partition coefficient (Wildman–Crippen LogP) is 3.59. The SMILES string of the molecule is CC(=O)N1[C@H](C(=O)OCC(=O)c2cc(C)c(C)cc2C)CS[C@H]1c1ccco1. The first kappa shape index (κ1) is 20.2. The van der Waals surface area contributed by atoms with Crippen molar-refractivity contribution in [3.8, 4) is 0 Å². The van der Waals surface area contributed by atoms with Crippen molar-refractivity contribution in [1.82, 2.24) is 4.90 Å². The molecule has 0 saturated carbocycles. The summed E-state index contributed by atoms with van der Waals surface area (Å²) < 4.78 is 10.7. The number of ketones is 1. The Labute approximate surface area is 168 Å². The normalized spacial score (nSPS) is 18.9. The molecule has 2 heterocycles. The summed E-state index contributed by atoms with van der Waals surface area (Å²) >= 11 is 1.44. The molecule has 0 N–H and O–H groups in total. The molecular weight excluding hydrogens is 378 g/mol. The van der Waals surface area contributed by atoms with Crippen molar-refractivity contribution in [3.05, 3.63) is 58.5 Å². The molecule has 1 aromatic carbocycles. The van der Waals surface area contributed by atoms with Crippen LogP contribution >= 0.6 is 11.8 Å². The summed E-state index contributed by atoms with van der Waals surface area (Å²) in [5.74, 6) is -0.0779.